The number of piperazine rings is 1. The normalized spacial score (nSPS) is 15.5. The van der Waals surface area contributed by atoms with Gasteiger partial charge < -0.3 is 14.4 Å². The number of nitrogens with zero attached hydrogens (tertiary/aromatic N) is 2. The number of carbonyl (C=O) groups is 2. The summed E-state index contributed by atoms with van der Waals surface area (Å²) >= 11 is 0. The highest BCUT2D eigenvalue weighted by Crippen LogP contribution is 2.18. The highest BCUT2D eigenvalue weighted by atomic mass is 16.6. The second-order valence-electron chi connectivity index (χ2n) is 8.00. The van der Waals surface area contributed by atoms with E-state index >= 15 is 0 Å². The summed E-state index contributed by atoms with van der Waals surface area (Å²) in [7, 11) is 0. The number of esters is 1. The molecule has 0 aromatic heterocycles. The lowest BCUT2D eigenvalue weighted by Crippen LogP contribution is -2.49. The fourth-order valence-corrected chi connectivity index (χ4v) is 3.10. The quantitative estimate of drug-likeness (QED) is 0.739. The summed E-state index contributed by atoms with van der Waals surface area (Å²) in [4.78, 5) is 28.2. The SMILES string of the molecule is CCOC(=O)Cc1cc(C)ccc1CN1CCN(C(=O)OC(C)(C)C)CC1. The first kappa shape index (κ1) is 21.2. The summed E-state index contributed by atoms with van der Waals surface area (Å²) in [5.74, 6) is -0.195. The minimum atomic E-state index is -0.474. The number of carbonyl (C=O) groups excluding carboxylic acids is 2. The Labute approximate surface area is 162 Å². The van der Waals surface area contributed by atoms with Gasteiger partial charge in [0.25, 0.3) is 0 Å². The van der Waals surface area contributed by atoms with Crippen LogP contribution in [0.2, 0.25) is 0 Å². The molecule has 1 aliphatic rings. The zero-order valence-corrected chi connectivity index (χ0v) is 17.2. The van der Waals surface area contributed by atoms with Gasteiger partial charge in [0.05, 0.1) is 13.0 Å². The first-order valence-corrected chi connectivity index (χ1v) is 9.62. The average molecular weight is 376 g/mol. The highest BCUT2D eigenvalue weighted by molar-refractivity contribution is 5.73. The average Bonchev–Trinajstić information content (AvgIpc) is 2.56. The Morgan fingerprint density at radius 3 is 2.33 bits per heavy atom. The zero-order valence-electron chi connectivity index (χ0n) is 17.2. The molecule has 0 aliphatic carbocycles. The predicted octanol–water partition coefficient (Wildman–Crippen LogP) is 3.15. The van der Waals surface area contributed by atoms with Gasteiger partial charge in [0, 0.05) is 32.7 Å². The van der Waals surface area contributed by atoms with Crippen LogP contribution in [-0.2, 0) is 27.2 Å². The molecule has 0 saturated carbocycles. The molecule has 6 heteroatoms. The Balaban J connectivity index is 1.95. The van der Waals surface area contributed by atoms with Crippen LogP contribution in [0.5, 0.6) is 0 Å². The number of aryl methyl sites for hydroxylation is 1. The first-order chi connectivity index (χ1) is 12.7. The van der Waals surface area contributed by atoms with Gasteiger partial charge in [-0.1, -0.05) is 23.8 Å². The minimum Gasteiger partial charge on any atom is -0.466 e. The van der Waals surface area contributed by atoms with E-state index in [-0.39, 0.29) is 12.1 Å². The predicted molar refractivity (Wildman–Crippen MR) is 105 cm³/mol. The van der Waals surface area contributed by atoms with Crippen molar-refractivity contribution in [1.82, 2.24) is 9.80 Å². The number of rotatable bonds is 5. The maximum absolute atomic E-state index is 12.2. The number of hydrogen-bond acceptors (Lipinski definition) is 5. The van der Waals surface area contributed by atoms with Crippen LogP contribution in [0.1, 0.15) is 44.4 Å². The Morgan fingerprint density at radius 2 is 1.74 bits per heavy atom. The van der Waals surface area contributed by atoms with Crippen molar-refractivity contribution in [2.24, 2.45) is 0 Å². The van der Waals surface area contributed by atoms with Crippen molar-refractivity contribution in [3.8, 4) is 0 Å². The van der Waals surface area contributed by atoms with Crippen LogP contribution in [0.3, 0.4) is 0 Å². The highest BCUT2D eigenvalue weighted by Gasteiger charge is 2.26. The Kier molecular flexibility index (Phi) is 7.25. The number of hydrogen-bond donors (Lipinski definition) is 0. The molecule has 0 atom stereocenters. The molecule has 0 radical (unpaired) electrons. The molecule has 1 aromatic rings. The van der Waals surface area contributed by atoms with Gasteiger partial charge in [-0.05, 0) is 45.7 Å². The van der Waals surface area contributed by atoms with Gasteiger partial charge in [0.15, 0.2) is 0 Å². The summed E-state index contributed by atoms with van der Waals surface area (Å²) in [6.45, 7) is 13.5. The molecule has 1 heterocycles. The van der Waals surface area contributed by atoms with E-state index < -0.39 is 5.60 Å². The van der Waals surface area contributed by atoms with Gasteiger partial charge in [-0.25, -0.2) is 4.79 Å². The van der Waals surface area contributed by atoms with E-state index in [4.69, 9.17) is 9.47 Å². The Hall–Kier alpha value is -2.08. The summed E-state index contributed by atoms with van der Waals surface area (Å²) in [6, 6.07) is 6.22. The lowest BCUT2D eigenvalue weighted by atomic mass is 10.0. The van der Waals surface area contributed by atoms with Gasteiger partial charge in [0.1, 0.15) is 5.60 Å². The van der Waals surface area contributed by atoms with Crippen LogP contribution in [0.15, 0.2) is 18.2 Å². The molecular formula is C21H32N2O4. The molecule has 27 heavy (non-hydrogen) atoms. The molecule has 0 bridgehead atoms. The van der Waals surface area contributed by atoms with Crippen molar-refractivity contribution in [3.63, 3.8) is 0 Å². The van der Waals surface area contributed by atoms with Crippen molar-refractivity contribution in [2.75, 3.05) is 32.8 Å². The maximum Gasteiger partial charge on any atom is 0.410 e. The second-order valence-corrected chi connectivity index (χ2v) is 8.00. The van der Waals surface area contributed by atoms with Gasteiger partial charge in [-0.2, -0.15) is 0 Å². The van der Waals surface area contributed by atoms with E-state index in [1.165, 1.54) is 0 Å². The molecular weight excluding hydrogens is 344 g/mol. The monoisotopic (exact) mass is 376 g/mol. The molecule has 0 unspecified atom stereocenters. The van der Waals surface area contributed by atoms with Gasteiger partial charge in [-0.15, -0.1) is 0 Å². The van der Waals surface area contributed by atoms with E-state index in [1.807, 2.05) is 34.6 Å². The standard InChI is InChI=1S/C21H32N2O4/c1-6-26-19(24)14-18-13-16(2)7-8-17(18)15-22-9-11-23(12-10-22)20(25)27-21(3,4)5/h7-8,13H,6,9-12,14-15H2,1-5H3. The van der Waals surface area contributed by atoms with Gasteiger partial charge in [-0.3, -0.25) is 9.69 Å². The third-order valence-corrected chi connectivity index (χ3v) is 4.42. The van der Waals surface area contributed by atoms with Crippen molar-refractivity contribution >= 4 is 12.1 Å². The van der Waals surface area contributed by atoms with Crippen LogP contribution >= 0.6 is 0 Å². The molecule has 6 nitrogen and oxygen atoms in total. The Morgan fingerprint density at radius 1 is 1.07 bits per heavy atom. The fraction of sp³-hybridized carbons (Fsp3) is 0.619. The van der Waals surface area contributed by atoms with Crippen molar-refractivity contribution in [1.29, 1.82) is 0 Å². The molecule has 1 fully saturated rings. The molecule has 1 aromatic carbocycles. The number of ether oxygens (including phenoxy) is 2. The van der Waals surface area contributed by atoms with Crippen LogP contribution < -0.4 is 0 Å². The van der Waals surface area contributed by atoms with Crippen LogP contribution in [0.25, 0.3) is 0 Å². The molecule has 0 N–H and O–H groups in total. The number of amides is 1. The maximum atomic E-state index is 12.2. The topological polar surface area (TPSA) is 59.1 Å². The Bertz CT molecular complexity index is 659. The molecule has 1 saturated heterocycles. The summed E-state index contributed by atoms with van der Waals surface area (Å²) in [5, 5.41) is 0. The van der Waals surface area contributed by atoms with Crippen molar-refractivity contribution < 1.29 is 19.1 Å². The van der Waals surface area contributed by atoms with E-state index in [0.717, 1.165) is 36.3 Å². The molecule has 2 rings (SSSR count). The van der Waals surface area contributed by atoms with Crippen LogP contribution in [0.4, 0.5) is 4.79 Å². The van der Waals surface area contributed by atoms with Gasteiger partial charge in [0.2, 0.25) is 0 Å². The third kappa shape index (κ3) is 6.86. The second kappa shape index (κ2) is 9.22. The largest absolute Gasteiger partial charge is 0.466 e. The first-order valence-electron chi connectivity index (χ1n) is 9.62. The lowest BCUT2D eigenvalue weighted by Gasteiger charge is -2.35. The minimum absolute atomic E-state index is 0.195. The van der Waals surface area contributed by atoms with E-state index in [2.05, 4.69) is 23.1 Å². The summed E-state index contributed by atoms with van der Waals surface area (Å²) in [6.07, 6.45) is 0.0448. The fourth-order valence-electron chi connectivity index (χ4n) is 3.10. The molecule has 150 valence electrons. The van der Waals surface area contributed by atoms with Crippen LogP contribution in [-0.4, -0.2) is 60.2 Å². The van der Waals surface area contributed by atoms with Gasteiger partial charge >= 0.3 is 12.1 Å². The summed E-state index contributed by atoms with van der Waals surface area (Å²) in [5.41, 5.74) is 2.81. The molecule has 1 amide bonds. The van der Waals surface area contributed by atoms with Crippen molar-refractivity contribution in [2.45, 2.75) is 53.2 Å². The zero-order chi connectivity index (χ0) is 20.0. The molecule has 1 aliphatic heterocycles. The van der Waals surface area contributed by atoms with E-state index in [0.29, 0.717) is 26.1 Å². The van der Waals surface area contributed by atoms with E-state index in [1.54, 1.807) is 4.90 Å². The van der Waals surface area contributed by atoms with E-state index in [9.17, 15) is 9.59 Å². The summed E-state index contributed by atoms with van der Waals surface area (Å²) < 4.78 is 10.5. The van der Waals surface area contributed by atoms with Crippen LogP contribution in [0, 0.1) is 6.92 Å². The van der Waals surface area contributed by atoms with Crippen molar-refractivity contribution in [3.05, 3.63) is 34.9 Å². The number of benzene rings is 1. The third-order valence-electron chi connectivity index (χ3n) is 4.42. The molecule has 0 spiro atoms. The smallest absolute Gasteiger partial charge is 0.410 e. The lowest BCUT2D eigenvalue weighted by molar-refractivity contribution is -0.142.